The Balaban J connectivity index is 2.48. The van der Waals surface area contributed by atoms with Crippen molar-refractivity contribution < 1.29 is 0 Å². The lowest BCUT2D eigenvalue weighted by Crippen LogP contribution is -1.82. The molecule has 2 aromatic rings. The molecule has 0 aliphatic heterocycles. The van der Waals surface area contributed by atoms with Crippen molar-refractivity contribution in [3.63, 3.8) is 0 Å². The maximum Gasteiger partial charge on any atom is 0.104 e. The van der Waals surface area contributed by atoms with Crippen LogP contribution < -0.4 is 0 Å². The van der Waals surface area contributed by atoms with E-state index in [9.17, 15) is 0 Å². The maximum absolute atomic E-state index is 4.36. The minimum absolute atomic E-state index is 0.904. The number of fused-ring (bicyclic) bond motifs is 1. The SMILES string of the molecule is C=CCSc1nccc2ccccc12. The Hall–Kier alpha value is -1.28. The molecule has 0 bridgehead atoms. The summed E-state index contributed by atoms with van der Waals surface area (Å²) in [5.41, 5.74) is 0. The number of nitrogens with zero attached hydrogens (tertiary/aromatic N) is 1. The number of benzene rings is 1. The second-order valence-corrected chi connectivity index (χ2v) is 3.95. The normalized spacial score (nSPS) is 10.3. The monoisotopic (exact) mass is 201 g/mol. The average Bonchev–Trinajstić information content (AvgIpc) is 2.26. The van der Waals surface area contributed by atoms with E-state index in [1.807, 2.05) is 30.5 Å². The maximum atomic E-state index is 4.36. The van der Waals surface area contributed by atoms with E-state index in [1.54, 1.807) is 11.8 Å². The Labute approximate surface area is 87.9 Å². The number of thioether (sulfide) groups is 1. The zero-order valence-electron chi connectivity index (χ0n) is 7.81. The fourth-order valence-corrected chi connectivity index (χ4v) is 2.10. The van der Waals surface area contributed by atoms with Gasteiger partial charge in [0.25, 0.3) is 0 Å². The van der Waals surface area contributed by atoms with Crippen LogP contribution in [-0.4, -0.2) is 10.7 Å². The number of hydrogen-bond donors (Lipinski definition) is 0. The van der Waals surface area contributed by atoms with Crippen molar-refractivity contribution in [1.29, 1.82) is 0 Å². The van der Waals surface area contributed by atoms with Gasteiger partial charge < -0.3 is 0 Å². The Morgan fingerprint density at radius 2 is 2.14 bits per heavy atom. The van der Waals surface area contributed by atoms with E-state index in [4.69, 9.17) is 0 Å². The van der Waals surface area contributed by atoms with Crippen molar-refractivity contribution in [3.05, 3.63) is 49.2 Å². The van der Waals surface area contributed by atoms with Crippen LogP contribution in [0.5, 0.6) is 0 Å². The Kier molecular flexibility index (Phi) is 2.84. The highest BCUT2D eigenvalue weighted by Crippen LogP contribution is 2.24. The molecule has 0 fully saturated rings. The highest BCUT2D eigenvalue weighted by molar-refractivity contribution is 7.99. The molecule has 0 radical (unpaired) electrons. The van der Waals surface area contributed by atoms with Gasteiger partial charge in [0.05, 0.1) is 0 Å². The van der Waals surface area contributed by atoms with Crippen LogP contribution in [0.4, 0.5) is 0 Å². The second-order valence-electron chi connectivity index (χ2n) is 2.94. The first kappa shape index (κ1) is 9.28. The lowest BCUT2D eigenvalue weighted by molar-refractivity contribution is 1.18. The lowest BCUT2D eigenvalue weighted by Gasteiger charge is -2.02. The molecule has 0 spiro atoms. The van der Waals surface area contributed by atoms with Crippen LogP contribution in [-0.2, 0) is 0 Å². The summed E-state index contributed by atoms with van der Waals surface area (Å²) in [6, 6.07) is 10.3. The third kappa shape index (κ3) is 1.80. The Bertz CT molecular complexity index is 446. The topological polar surface area (TPSA) is 12.9 Å². The summed E-state index contributed by atoms with van der Waals surface area (Å²) in [6.45, 7) is 3.71. The fraction of sp³-hybridized carbons (Fsp3) is 0.0833. The molecule has 0 aliphatic rings. The smallest absolute Gasteiger partial charge is 0.104 e. The first-order chi connectivity index (χ1) is 6.92. The van der Waals surface area contributed by atoms with Crippen molar-refractivity contribution in [2.45, 2.75) is 5.03 Å². The standard InChI is InChI=1S/C12H11NS/c1-2-9-14-12-11-6-4-3-5-10(11)7-8-13-12/h2-8H,1,9H2. The molecular formula is C12H11NS. The van der Waals surface area contributed by atoms with Crippen LogP contribution in [0, 0.1) is 0 Å². The molecule has 2 rings (SSSR count). The largest absolute Gasteiger partial charge is 0.249 e. The minimum atomic E-state index is 0.904. The minimum Gasteiger partial charge on any atom is -0.249 e. The van der Waals surface area contributed by atoms with Crippen LogP contribution in [0.1, 0.15) is 0 Å². The molecule has 0 amide bonds. The molecule has 0 saturated heterocycles. The number of aromatic nitrogens is 1. The third-order valence-corrected chi connectivity index (χ3v) is 2.98. The van der Waals surface area contributed by atoms with Gasteiger partial charge in [0.2, 0.25) is 0 Å². The molecule has 0 unspecified atom stereocenters. The van der Waals surface area contributed by atoms with Gasteiger partial charge in [0.1, 0.15) is 5.03 Å². The highest BCUT2D eigenvalue weighted by atomic mass is 32.2. The van der Waals surface area contributed by atoms with Gasteiger partial charge in [-0.2, -0.15) is 0 Å². The molecule has 0 N–H and O–H groups in total. The number of rotatable bonds is 3. The van der Waals surface area contributed by atoms with Crippen molar-refractivity contribution in [2.75, 3.05) is 5.75 Å². The third-order valence-electron chi connectivity index (χ3n) is 1.97. The summed E-state index contributed by atoms with van der Waals surface area (Å²) in [4.78, 5) is 4.36. The molecule has 2 heteroatoms. The molecule has 70 valence electrons. The van der Waals surface area contributed by atoms with E-state index in [2.05, 4.69) is 23.7 Å². The van der Waals surface area contributed by atoms with E-state index in [0.717, 1.165) is 10.8 Å². The predicted molar refractivity (Wildman–Crippen MR) is 62.7 cm³/mol. The van der Waals surface area contributed by atoms with Crippen LogP contribution in [0.3, 0.4) is 0 Å². The van der Waals surface area contributed by atoms with E-state index in [1.165, 1.54) is 10.8 Å². The predicted octanol–water partition coefficient (Wildman–Crippen LogP) is 3.51. The lowest BCUT2D eigenvalue weighted by atomic mass is 10.2. The fourth-order valence-electron chi connectivity index (χ4n) is 1.34. The van der Waals surface area contributed by atoms with E-state index in [0.29, 0.717) is 0 Å². The molecule has 0 aliphatic carbocycles. The van der Waals surface area contributed by atoms with Crippen molar-refractivity contribution in [3.8, 4) is 0 Å². The summed E-state index contributed by atoms with van der Waals surface area (Å²) >= 11 is 1.72. The molecule has 1 aromatic heterocycles. The second kappa shape index (κ2) is 4.29. The zero-order valence-corrected chi connectivity index (χ0v) is 8.63. The van der Waals surface area contributed by atoms with Crippen LogP contribution in [0.2, 0.25) is 0 Å². The van der Waals surface area contributed by atoms with Crippen LogP contribution in [0.25, 0.3) is 10.8 Å². The van der Waals surface area contributed by atoms with Gasteiger partial charge in [0.15, 0.2) is 0 Å². The van der Waals surface area contributed by atoms with E-state index in [-0.39, 0.29) is 0 Å². The molecule has 1 heterocycles. The Morgan fingerprint density at radius 3 is 3.00 bits per heavy atom. The first-order valence-electron chi connectivity index (χ1n) is 4.49. The number of pyridine rings is 1. The van der Waals surface area contributed by atoms with E-state index < -0.39 is 0 Å². The molecule has 1 aromatic carbocycles. The van der Waals surface area contributed by atoms with E-state index >= 15 is 0 Å². The van der Waals surface area contributed by atoms with Gasteiger partial charge in [-0.25, -0.2) is 4.98 Å². The highest BCUT2D eigenvalue weighted by Gasteiger charge is 2.00. The Morgan fingerprint density at radius 1 is 1.29 bits per heavy atom. The molecule has 14 heavy (non-hydrogen) atoms. The summed E-state index contributed by atoms with van der Waals surface area (Å²) in [7, 11) is 0. The van der Waals surface area contributed by atoms with Gasteiger partial charge in [-0.05, 0) is 11.5 Å². The van der Waals surface area contributed by atoms with Crippen molar-refractivity contribution in [1.82, 2.24) is 4.98 Å². The van der Waals surface area contributed by atoms with Crippen molar-refractivity contribution >= 4 is 22.5 Å². The molecule has 0 saturated carbocycles. The van der Waals surface area contributed by atoms with Gasteiger partial charge in [-0.1, -0.05) is 30.3 Å². The quantitative estimate of drug-likeness (QED) is 0.556. The van der Waals surface area contributed by atoms with Gasteiger partial charge in [-0.15, -0.1) is 18.3 Å². The summed E-state index contributed by atoms with van der Waals surface area (Å²) < 4.78 is 0. The summed E-state index contributed by atoms with van der Waals surface area (Å²) in [6.07, 6.45) is 3.75. The van der Waals surface area contributed by atoms with Gasteiger partial charge in [-0.3, -0.25) is 0 Å². The zero-order chi connectivity index (χ0) is 9.80. The summed E-state index contributed by atoms with van der Waals surface area (Å²) in [5, 5.41) is 3.55. The molecule has 0 atom stereocenters. The molecule has 1 nitrogen and oxygen atoms in total. The summed E-state index contributed by atoms with van der Waals surface area (Å²) in [5.74, 6) is 0.904. The van der Waals surface area contributed by atoms with Crippen LogP contribution >= 0.6 is 11.8 Å². The van der Waals surface area contributed by atoms with Crippen LogP contribution in [0.15, 0.2) is 54.2 Å². The van der Waals surface area contributed by atoms with Gasteiger partial charge in [0, 0.05) is 17.3 Å². The van der Waals surface area contributed by atoms with Crippen molar-refractivity contribution in [2.24, 2.45) is 0 Å². The molecular weight excluding hydrogens is 190 g/mol. The van der Waals surface area contributed by atoms with Gasteiger partial charge >= 0.3 is 0 Å². The average molecular weight is 201 g/mol. The first-order valence-corrected chi connectivity index (χ1v) is 5.48. The number of hydrogen-bond acceptors (Lipinski definition) is 2.